The number of hydrogen-bond donors (Lipinski definition) is 6. The molecule has 124 valence electrons. The lowest BCUT2D eigenvalue weighted by Gasteiger charge is -2.17. The third-order valence-corrected chi connectivity index (χ3v) is 3.76. The van der Waals surface area contributed by atoms with E-state index in [1.54, 1.807) is 0 Å². The predicted octanol–water partition coefficient (Wildman–Crippen LogP) is -2.98. The topological polar surface area (TPSA) is 190 Å². The lowest BCUT2D eigenvalue weighted by Crippen LogP contribution is -2.33. The van der Waals surface area contributed by atoms with Crippen molar-refractivity contribution in [3.8, 4) is 0 Å². The van der Waals surface area contributed by atoms with Crippen molar-refractivity contribution in [1.29, 1.82) is 0 Å². The quantitative estimate of drug-likeness (QED) is 0.344. The van der Waals surface area contributed by atoms with Crippen LogP contribution in [0, 0.1) is 0 Å². The highest BCUT2D eigenvalue weighted by atomic mass is 16.6. The van der Waals surface area contributed by atoms with E-state index >= 15 is 0 Å². The van der Waals surface area contributed by atoms with E-state index in [9.17, 15) is 19.8 Å². The lowest BCUT2D eigenvalue weighted by molar-refractivity contribution is -0.0508. The molecule has 4 atom stereocenters. The van der Waals surface area contributed by atoms with E-state index in [1.165, 1.54) is 10.8 Å². The summed E-state index contributed by atoms with van der Waals surface area (Å²) in [6.07, 6.45) is -3.77. The number of H-pyrrole nitrogens is 1. The van der Waals surface area contributed by atoms with Crippen molar-refractivity contribution in [2.45, 2.75) is 24.5 Å². The Labute approximate surface area is 128 Å². The lowest BCUT2D eigenvalue weighted by atomic mass is 10.1. The molecular formula is C12H15N5O6. The van der Waals surface area contributed by atoms with Crippen LogP contribution >= 0.6 is 0 Å². The summed E-state index contributed by atoms with van der Waals surface area (Å²) < 4.78 is 6.55. The van der Waals surface area contributed by atoms with E-state index in [-0.39, 0.29) is 22.5 Å². The number of carbonyl (C=O) groups excluding carboxylic acids is 1. The van der Waals surface area contributed by atoms with Gasteiger partial charge in [0.2, 0.25) is 5.95 Å². The number of rotatable bonds is 3. The van der Waals surface area contributed by atoms with Crippen molar-refractivity contribution in [3.05, 3.63) is 22.1 Å². The zero-order chi connectivity index (χ0) is 16.9. The van der Waals surface area contributed by atoms with Gasteiger partial charge in [-0.1, -0.05) is 0 Å². The van der Waals surface area contributed by atoms with Gasteiger partial charge >= 0.3 is 0 Å². The molecule has 0 bridgehead atoms. The van der Waals surface area contributed by atoms with Crippen molar-refractivity contribution in [2.24, 2.45) is 5.73 Å². The van der Waals surface area contributed by atoms with Crippen molar-refractivity contribution >= 4 is 22.9 Å². The summed E-state index contributed by atoms with van der Waals surface area (Å²) in [7, 11) is 0. The van der Waals surface area contributed by atoms with E-state index in [0.717, 1.165) is 0 Å². The molecule has 0 radical (unpaired) electrons. The monoisotopic (exact) mass is 325 g/mol. The van der Waals surface area contributed by atoms with Crippen LogP contribution in [-0.2, 0) is 4.74 Å². The standard InChI is InChI=1S/C12H15N5O6/c13-8(21)3-1-17(9-5(3)10(22)16-12(14)15-9)11-7(20)6(19)4(2-18)23-11/h1,4,6-7,11,18-20H,2H2,(H2,13,21)(H3,14,15,16,22)/t4-,6?,7+,11-/m1/s1. The van der Waals surface area contributed by atoms with E-state index in [0.29, 0.717) is 0 Å². The van der Waals surface area contributed by atoms with Crippen LogP contribution in [0.1, 0.15) is 16.6 Å². The van der Waals surface area contributed by atoms with Crippen LogP contribution in [0.3, 0.4) is 0 Å². The number of anilines is 1. The number of nitrogens with two attached hydrogens (primary N) is 2. The van der Waals surface area contributed by atoms with E-state index in [1.807, 2.05) is 0 Å². The van der Waals surface area contributed by atoms with Crippen molar-refractivity contribution in [1.82, 2.24) is 14.5 Å². The molecular weight excluding hydrogens is 310 g/mol. The Bertz CT molecular complexity index is 829. The molecule has 0 spiro atoms. The number of primary amides is 1. The summed E-state index contributed by atoms with van der Waals surface area (Å²) in [5.41, 5.74) is 9.92. The van der Waals surface area contributed by atoms with E-state index < -0.39 is 42.6 Å². The molecule has 1 saturated heterocycles. The minimum absolute atomic E-state index is 0.0325. The normalized spacial score (nSPS) is 27.6. The molecule has 1 fully saturated rings. The number of nitrogen functional groups attached to an aromatic ring is 1. The first-order chi connectivity index (χ1) is 10.8. The smallest absolute Gasteiger partial charge is 0.262 e. The molecule has 0 aliphatic carbocycles. The molecule has 1 aliphatic rings. The third kappa shape index (κ3) is 2.26. The minimum Gasteiger partial charge on any atom is -0.394 e. The summed E-state index contributed by atoms with van der Waals surface area (Å²) in [6, 6.07) is 0. The van der Waals surface area contributed by atoms with Crippen LogP contribution in [0.2, 0.25) is 0 Å². The highest BCUT2D eigenvalue weighted by molar-refractivity contribution is 6.05. The summed E-state index contributed by atoms with van der Waals surface area (Å²) in [5, 5.41) is 29.0. The molecule has 1 aliphatic heterocycles. The van der Waals surface area contributed by atoms with Crippen molar-refractivity contribution in [3.63, 3.8) is 0 Å². The molecule has 2 aromatic heterocycles. The second-order valence-electron chi connectivity index (χ2n) is 5.19. The summed E-state index contributed by atoms with van der Waals surface area (Å²) >= 11 is 0. The first-order valence-corrected chi connectivity index (χ1v) is 6.67. The number of fused-ring (bicyclic) bond motifs is 1. The first kappa shape index (κ1) is 15.4. The summed E-state index contributed by atoms with van der Waals surface area (Å²) in [4.78, 5) is 29.8. The van der Waals surface area contributed by atoms with Crippen LogP contribution in [0.25, 0.3) is 11.0 Å². The number of aromatic amines is 1. The van der Waals surface area contributed by atoms with Gasteiger partial charge in [-0.25, -0.2) is 0 Å². The maximum absolute atomic E-state index is 12.0. The van der Waals surface area contributed by atoms with Crippen LogP contribution < -0.4 is 17.0 Å². The first-order valence-electron chi connectivity index (χ1n) is 6.67. The largest absolute Gasteiger partial charge is 0.394 e. The number of amides is 1. The van der Waals surface area contributed by atoms with Crippen molar-refractivity contribution in [2.75, 3.05) is 12.3 Å². The van der Waals surface area contributed by atoms with Gasteiger partial charge in [-0.3, -0.25) is 14.6 Å². The number of aliphatic hydroxyl groups excluding tert-OH is 3. The number of aliphatic hydroxyl groups is 3. The molecule has 2 aromatic rings. The number of nitrogens with one attached hydrogen (secondary N) is 1. The molecule has 23 heavy (non-hydrogen) atoms. The van der Waals surface area contributed by atoms with Gasteiger partial charge in [0, 0.05) is 6.20 Å². The van der Waals surface area contributed by atoms with Crippen LogP contribution in [0.4, 0.5) is 5.95 Å². The summed E-state index contributed by atoms with van der Waals surface area (Å²) in [5.74, 6) is -1.08. The SMILES string of the molecule is NC(=O)c1cn([C@@H]2O[C@H](CO)C(O)[C@@H]2O)c2nc(N)[nH]c(=O)c12. The number of aromatic nitrogens is 3. The Morgan fingerprint density at radius 3 is 2.70 bits per heavy atom. The third-order valence-electron chi connectivity index (χ3n) is 3.76. The zero-order valence-corrected chi connectivity index (χ0v) is 11.7. The summed E-state index contributed by atoms with van der Waals surface area (Å²) in [6.45, 7) is -0.521. The Kier molecular flexibility index (Phi) is 3.56. The van der Waals surface area contributed by atoms with E-state index in [4.69, 9.17) is 21.3 Å². The average Bonchev–Trinajstić information content (AvgIpc) is 2.99. The van der Waals surface area contributed by atoms with Gasteiger partial charge in [-0.05, 0) is 0 Å². The zero-order valence-electron chi connectivity index (χ0n) is 11.7. The van der Waals surface area contributed by atoms with Crippen molar-refractivity contribution < 1.29 is 24.9 Å². The fraction of sp³-hybridized carbons (Fsp3) is 0.417. The van der Waals surface area contributed by atoms with Gasteiger partial charge < -0.3 is 36.1 Å². The van der Waals surface area contributed by atoms with Gasteiger partial charge in [-0.2, -0.15) is 4.98 Å². The molecule has 0 aromatic carbocycles. The number of hydrogen-bond acceptors (Lipinski definition) is 8. The Hall–Kier alpha value is -2.47. The van der Waals surface area contributed by atoms with Gasteiger partial charge in [0.25, 0.3) is 11.5 Å². The molecule has 11 nitrogen and oxygen atoms in total. The molecule has 3 heterocycles. The molecule has 11 heteroatoms. The van der Waals surface area contributed by atoms with E-state index in [2.05, 4.69) is 9.97 Å². The highest BCUT2D eigenvalue weighted by Gasteiger charge is 2.44. The molecule has 0 saturated carbocycles. The maximum Gasteiger partial charge on any atom is 0.262 e. The second kappa shape index (κ2) is 5.31. The van der Waals surface area contributed by atoms with Gasteiger partial charge in [0.1, 0.15) is 18.3 Å². The highest BCUT2D eigenvalue weighted by Crippen LogP contribution is 2.32. The number of nitrogens with zero attached hydrogens (tertiary/aromatic N) is 2. The number of ether oxygens (including phenoxy) is 1. The average molecular weight is 325 g/mol. The minimum atomic E-state index is -1.41. The molecule has 8 N–H and O–H groups in total. The maximum atomic E-state index is 12.0. The van der Waals surface area contributed by atoms with Gasteiger partial charge in [0.05, 0.1) is 17.6 Å². The fourth-order valence-electron chi connectivity index (χ4n) is 2.66. The second-order valence-corrected chi connectivity index (χ2v) is 5.19. The Morgan fingerprint density at radius 1 is 1.43 bits per heavy atom. The van der Waals surface area contributed by atoms with Gasteiger partial charge in [-0.15, -0.1) is 0 Å². The fourth-order valence-corrected chi connectivity index (χ4v) is 2.66. The Balaban J connectivity index is 2.23. The molecule has 3 rings (SSSR count). The molecule has 1 unspecified atom stereocenters. The van der Waals surface area contributed by atoms with Crippen LogP contribution in [0.15, 0.2) is 11.0 Å². The van der Waals surface area contributed by atoms with Crippen LogP contribution in [-0.4, -0.2) is 60.7 Å². The van der Waals surface area contributed by atoms with Gasteiger partial charge in [0.15, 0.2) is 11.9 Å². The predicted molar refractivity (Wildman–Crippen MR) is 76.3 cm³/mol. The Morgan fingerprint density at radius 2 is 2.13 bits per heavy atom. The molecule has 1 amide bonds. The number of carbonyl (C=O) groups is 1. The van der Waals surface area contributed by atoms with Crippen LogP contribution in [0.5, 0.6) is 0 Å².